The van der Waals surface area contributed by atoms with Crippen LogP contribution < -0.4 is 5.32 Å². The van der Waals surface area contributed by atoms with Crippen LogP contribution in [0.1, 0.15) is 29.1 Å². The summed E-state index contributed by atoms with van der Waals surface area (Å²) in [5.41, 5.74) is 2.64. The zero-order valence-electron chi connectivity index (χ0n) is 6.78. The molecule has 3 N–H and O–H groups in total. The zero-order valence-corrected chi connectivity index (χ0v) is 6.78. The highest BCUT2D eigenvalue weighted by Gasteiger charge is 2.26. The molecule has 0 radical (unpaired) electrons. The van der Waals surface area contributed by atoms with Gasteiger partial charge >= 0.3 is 0 Å². The minimum absolute atomic E-state index is 0.726. The maximum absolute atomic E-state index is 9.41. The molecule has 1 aromatic carbocycles. The number of rotatable bonds is 0. The van der Waals surface area contributed by atoms with Crippen molar-refractivity contribution in [2.24, 2.45) is 0 Å². The SMILES string of the molecule is Cc1ccc2c(c1)C(O)NC2O. The van der Waals surface area contributed by atoms with Gasteiger partial charge in [-0.25, -0.2) is 0 Å². The Balaban J connectivity index is 2.53. The molecule has 3 nitrogen and oxygen atoms in total. The average molecular weight is 165 g/mol. The average Bonchev–Trinajstić information content (AvgIpc) is 2.28. The Labute approximate surface area is 70.7 Å². The van der Waals surface area contributed by atoms with Gasteiger partial charge in [0.05, 0.1) is 0 Å². The molecule has 0 aromatic heterocycles. The Morgan fingerprint density at radius 2 is 1.83 bits per heavy atom. The van der Waals surface area contributed by atoms with Gasteiger partial charge in [-0.3, -0.25) is 5.32 Å². The van der Waals surface area contributed by atoms with E-state index in [9.17, 15) is 10.2 Å². The van der Waals surface area contributed by atoms with E-state index < -0.39 is 12.5 Å². The molecular weight excluding hydrogens is 154 g/mol. The highest BCUT2D eigenvalue weighted by atomic mass is 16.3. The van der Waals surface area contributed by atoms with Crippen LogP contribution in [0.2, 0.25) is 0 Å². The van der Waals surface area contributed by atoms with Crippen molar-refractivity contribution in [3.05, 3.63) is 34.9 Å². The smallest absolute Gasteiger partial charge is 0.133 e. The van der Waals surface area contributed by atoms with Crippen LogP contribution in [0.4, 0.5) is 0 Å². The quantitative estimate of drug-likeness (QED) is 0.527. The lowest BCUT2D eigenvalue weighted by Crippen LogP contribution is -2.16. The summed E-state index contributed by atoms with van der Waals surface area (Å²) in [5, 5.41) is 21.4. The molecular formula is C9H11NO2. The molecule has 0 fully saturated rings. The van der Waals surface area contributed by atoms with Crippen LogP contribution >= 0.6 is 0 Å². The summed E-state index contributed by atoms with van der Waals surface area (Å²) in [6, 6.07) is 5.63. The third-order valence-electron chi connectivity index (χ3n) is 2.15. The minimum atomic E-state index is -0.727. The van der Waals surface area contributed by atoms with Crippen molar-refractivity contribution < 1.29 is 10.2 Å². The number of nitrogens with one attached hydrogen (secondary N) is 1. The van der Waals surface area contributed by atoms with Gasteiger partial charge < -0.3 is 10.2 Å². The van der Waals surface area contributed by atoms with Crippen molar-refractivity contribution in [3.8, 4) is 0 Å². The molecule has 2 rings (SSSR count). The zero-order chi connectivity index (χ0) is 8.72. The first-order valence-electron chi connectivity index (χ1n) is 3.91. The summed E-state index contributed by atoms with van der Waals surface area (Å²) in [6.45, 7) is 1.96. The van der Waals surface area contributed by atoms with Crippen molar-refractivity contribution in [1.82, 2.24) is 5.32 Å². The third kappa shape index (κ3) is 1.03. The van der Waals surface area contributed by atoms with E-state index in [4.69, 9.17) is 0 Å². The van der Waals surface area contributed by atoms with Crippen LogP contribution in [0.3, 0.4) is 0 Å². The van der Waals surface area contributed by atoms with Gasteiger partial charge in [-0.05, 0) is 6.92 Å². The molecule has 0 spiro atoms. The Morgan fingerprint density at radius 1 is 1.17 bits per heavy atom. The Morgan fingerprint density at radius 3 is 2.58 bits per heavy atom. The van der Waals surface area contributed by atoms with Crippen molar-refractivity contribution in [3.63, 3.8) is 0 Å². The van der Waals surface area contributed by atoms with E-state index in [0.29, 0.717) is 0 Å². The molecule has 1 heterocycles. The van der Waals surface area contributed by atoms with Crippen molar-refractivity contribution in [2.45, 2.75) is 19.4 Å². The minimum Gasteiger partial charge on any atom is -0.374 e. The first-order valence-corrected chi connectivity index (χ1v) is 3.91. The Kier molecular flexibility index (Phi) is 1.65. The lowest BCUT2D eigenvalue weighted by atomic mass is 10.1. The van der Waals surface area contributed by atoms with E-state index in [-0.39, 0.29) is 0 Å². The fraction of sp³-hybridized carbons (Fsp3) is 0.333. The van der Waals surface area contributed by atoms with Gasteiger partial charge in [-0.2, -0.15) is 0 Å². The second-order valence-corrected chi connectivity index (χ2v) is 3.10. The first kappa shape index (κ1) is 7.73. The molecule has 12 heavy (non-hydrogen) atoms. The molecule has 0 amide bonds. The summed E-state index contributed by atoms with van der Waals surface area (Å²) in [6.07, 6.45) is -1.45. The summed E-state index contributed by atoms with van der Waals surface area (Å²) < 4.78 is 0. The van der Waals surface area contributed by atoms with E-state index in [2.05, 4.69) is 5.32 Å². The largest absolute Gasteiger partial charge is 0.374 e. The van der Waals surface area contributed by atoms with Gasteiger partial charge in [0.1, 0.15) is 12.5 Å². The molecule has 0 saturated heterocycles. The van der Waals surface area contributed by atoms with Crippen molar-refractivity contribution in [1.29, 1.82) is 0 Å². The monoisotopic (exact) mass is 165 g/mol. The molecule has 1 aliphatic heterocycles. The first-order chi connectivity index (χ1) is 5.68. The highest BCUT2D eigenvalue weighted by Crippen LogP contribution is 2.30. The Hall–Kier alpha value is -0.900. The predicted octanol–water partition coefficient (Wildman–Crippen LogP) is 0.580. The lowest BCUT2D eigenvalue weighted by Gasteiger charge is -2.02. The summed E-state index contributed by atoms with van der Waals surface area (Å²) in [7, 11) is 0. The van der Waals surface area contributed by atoms with Gasteiger partial charge in [-0.1, -0.05) is 23.8 Å². The normalized spacial score (nSPS) is 27.2. The maximum Gasteiger partial charge on any atom is 0.133 e. The number of fused-ring (bicyclic) bond motifs is 1. The molecule has 1 aliphatic rings. The number of aliphatic hydroxyl groups excluding tert-OH is 2. The van der Waals surface area contributed by atoms with Gasteiger partial charge in [0.15, 0.2) is 0 Å². The third-order valence-corrected chi connectivity index (χ3v) is 2.15. The number of hydrogen-bond donors (Lipinski definition) is 3. The molecule has 0 bridgehead atoms. The summed E-state index contributed by atoms with van der Waals surface area (Å²) >= 11 is 0. The van der Waals surface area contributed by atoms with E-state index in [0.717, 1.165) is 16.7 Å². The van der Waals surface area contributed by atoms with Crippen LogP contribution in [0.15, 0.2) is 18.2 Å². The van der Waals surface area contributed by atoms with Gasteiger partial charge in [0.25, 0.3) is 0 Å². The van der Waals surface area contributed by atoms with Crippen LogP contribution in [0.25, 0.3) is 0 Å². The Bertz CT molecular complexity index is 311. The van der Waals surface area contributed by atoms with Crippen LogP contribution in [-0.2, 0) is 0 Å². The molecule has 2 unspecified atom stereocenters. The van der Waals surface area contributed by atoms with Crippen LogP contribution in [0, 0.1) is 6.92 Å². The predicted molar refractivity (Wildman–Crippen MR) is 44.2 cm³/mol. The van der Waals surface area contributed by atoms with E-state index in [1.165, 1.54) is 0 Å². The highest BCUT2D eigenvalue weighted by molar-refractivity contribution is 5.37. The van der Waals surface area contributed by atoms with Gasteiger partial charge in [-0.15, -0.1) is 0 Å². The van der Waals surface area contributed by atoms with E-state index in [1.807, 2.05) is 25.1 Å². The number of aliphatic hydroxyl groups is 2. The topological polar surface area (TPSA) is 52.5 Å². The van der Waals surface area contributed by atoms with Crippen molar-refractivity contribution >= 4 is 0 Å². The number of hydrogen-bond acceptors (Lipinski definition) is 3. The number of benzene rings is 1. The fourth-order valence-corrected chi connectivity index (χ4v) is 1.51. The lowest BCUT2D eigenvalue weighted by molar-refractivity contribution is 0.0671. The molecule has 3 heteroatoms. The van der Waals surface area contributed by atoms with E-state index in [1.54, 1.807) is 0 Å². The van der Waals surface area contributed by atoms with Gasteiger partial charge in [0.2, 0.25) is 0 Å². The fourth-order valence-electron chi connectivity index (χ4n) is 1.51. The molecule has 0 saturated carbocycles. The standard InChI is InChI=1S/C9H11NO2/c1-5-2-3-6-7(4-5)9(12)10-8(6)11/h2-4,8-12H,1H3. The molecule has 1 aromatic rings. The molecule has 64 valence electrons. The van der Waals surface area contributed by atoms with Crippen molar-refractivity contribution in [2.75, 3.05) is 0 Å². The van der Waals surface area contributed by atoms with Crippen LogP contribution in [0.5, 0.6) is 0 Å². The van der Waals surface area contributed by atoms with Gasteiger partial charge in [0, 0.05) is 11.1 Å². The second kappa shape index (κ2) is 2.55. The summed E-state index contributed by atoms with van der Waals surface area (Å²) in [4.78, 5) is 0. The second-order valence-electron chi connectivity index (χ2n) is 3.10. The van der Waals surface area contributed by atoms with E-state index >= 15 is 0 Å². The molecule has 2 atom stereocenters. The van der Waals surface area contributed by atoms with Crippen LogP contribution in [-0.4, -0.2) is 10.2 Å². The summed E-state index contributed by atoms with van der Waals surface area (Å²) in [5.74, 6) is 0. The molecule has 0 aliphatic carbocycles. The maximum atomic E-state index is 9.41. The number of aryl methyl sites for hydroxylation is 1.